The molecule has 1 aromatic rings. The molecule has 2 aliphatic heterocycles. The molecule has 6 nitrogen and oxygen atoms in total. The first-order valence-corrected chi connectivity index (χ1v) is 11.2. The predicted octanol–water partition coefficient (Wildman–Crippen LogP) is 3.67. The maximum absolute atomic E-state index is 13.3. The van der Waals surface area contributed by atoms with Gasteiger partial charge in [0.05, 0.1) is 24.9 Å². The van der Waals surface area contributed by atoms with Gasteiger partial charge in [0.25, 0.3) is 0 Å². The normalized spacial score (nSPS) is 21.6. The molecule has 2 atom stereocenters. The van der Waals surface area contributed by atoms with Crippen molar-refractivity contribution in [1.29, 1.82) is 0 Å². The summed E-state index contributed by atoms with van der Waals surface area (Å²) in [5, 5.41) is 3.51. The molecule has 2 fully saturated rings. The molecule has 0 spiro atoms. The van der Waals surface area contributed by atoms with Gasteiger partial charge >= 0.3 is 0 Å². The summed E-state index contributed by atoms with van der Waals surface area (Å²) in [5.41, 5.74) is 1.08. The molecule has 1 N–H and O–H groups in total. The van der Waals surface area contributed by atoms with Crippen LogP contribution in [0.2, 0.25) is 0 Å². The number of hydrogen-bond acceptors (Lipinski definition) is 4. The first kappa shape index (κ1) is 26.3. The van der Waals surface area contributed by atoms with Crippen LogP contribution in [-0.4, -0.2) is 82.0 Å². The van der Waals surface area contributed by atoms with Crippen molar-refractivity contribution >= 4 is 29.9 Å². The predicted molar refractivity (Wildman–Crippen MR) is 134 cm³/mol. The van der Waals surface area contributed by atoms with Gasteiger partial charge in [-0.2, -0.15) is 0 Å². The second kappa shape index (κ2) is 13.5. The Hall–Kier alpha value is -0.970. The number of halogens is 2. The van der Waals surface area contributed by atoms with Gasteiger partial charge in [-0.25, -0.2) is 4.39 Å². The number of rotatable bonds is 7. The molecule has 2 aliphatic rings. The first-order chi connectivity index (χ1) is 14.6. The number of likely N-dealkylation sites (N-methyl/N-ethyl adjacent to an activating group) is 1. The van der Waals surface area contributed by atoms with Gasteiger partial charge < -0.3 is 24.6 Å². The standard InChI is InChI=1S/C23H37FN4O2.HI/c1-25-23(26-16-22(27(2)3)18-7-9-19(24)10-8-18)28-13-11-20(12-14-28)30-17-21-6-4-5-15-29-21;/h7-10,20-22H,4-6,11-17H2,1-3H3,(H,25,26);1H. The molecule has 2 heterocycles. The van der Waals surface area contributed by atoms with E-state index in [0.717, 1.165) is 57.1 Å². The lowest BCUT2D eigenvalue weighted by Gasteiger charge is -2.36. The second-order valence-corrected chi connectivity index (χ2v) is 8.47. The summed E-state index contributed by atoms with van der Waals surface area (Å²) in [6.45, 7) is 4.17. The molecule has 0 aromatic heterocycles. The second-order valence-electron chi connectivity index (χ2n) is 8.47. The molecule has 0 saturated carbocycles. The summed E-state index contributed by atoms with van der Waals surface area (Å²) >= 11 is 0. The minimum absolute atomic E-state index is 0. The Labute approximate surface area is 203 Å². The average Bonchev–Trinajstić information content (AvgIpc) is 2.77. The SMILES string of the molecule is CN=C(NCC(c1ccc(F)cc1)N(C)C)N1CCC(OCC2CCCCO2)CC1.I. The Morgan fingerprint density at radius 3 is 2.52 bits per heavy atom. The molecule has 2 unspecified atom stereocenters. The monoisotopic (exact) mass is 548 g/mol. The van der Waals surface area contributed by atoms with E-state index < -0.39 is 0 Å². The van der Waals surface area contributed by atoms with Gasteiger partial charge in [-0.05, 0) is 63.9 Å². The highest BCUT2D eigenvalue weighted by Gasteiger charge is 2.24. The summed E-state index contributed by atoms with van der Waals surface area (Å²) in [6, 6.07) is 6.87. The zero-order valence-electron chi connectivity index (χ0n) is 19.1. The number of aliphatic imine (C=N–C) groups is 1. The fourth-order valence-corrected chi connectivity index (χ4v) is 4.22. The Bertz CT molecular complexity index is 660. The van der Waals surface area contributed by atoms with E-state index in [1.54, 1.807) is 0 Å². The highest BCUT2D eigenvalue weighted by Crippen LogP contribution is 2.20. The van der Waals surface area contributed by atoms with Crippen LogP contribution in [0, 0.1) is 5.82 Å². The molecular weight excluding hydrogens is 510 g/mol. The summed E-state index contributed by atoms with van der Waals surface area (Å²) in [4.78, 5) is 8.93. The topological polar surface area (TPSA) is 49.3 Å². The lowest BCUT2D eigenvalue weighted by Crippen LogP contribution is -2.48. The smallest absolute Gasteiger partial charge is 0.193 e. The minimum atomic E-state index is -0.208. The van der Waals surface area contributed by atoms with Gasteiger partial charge in [0.15, 0.2) is 5.96 Å². The van der Waals surface area contributed by atoms with E-state index in [0.29, 0.717) is 12.6 Å². The van der Waals surface area contributed by atoms with Gasteiger partial charge in [0, 0.05) is 33.3 Å². The number of nitrogens with one attached hydrogen (secondary N) is 1. The van der Waals surface area contributed by atoms with E-state index in [2.05, 4.69) is 20.1 Å². The fourth-order valence-electron chi connectivity index (χ4n) is 4.22. The Balaban J connectivity index is 0.00000341. The van der Waals surface area contributed by atoms with Crippen LogP contribution in [0.4, 0.5) is 4.39 Å². The van der Waals surface area contributed by atoms with Crippen molar-refractivity contribution in [3.8, 4) is 0 Å². The summed E-state index contributed by atoms with van der Waals surface area (Å²) < 4.78 is 25.2. The van der Waals surface area contributed by atoms with Crippen LogP contribution < -0.4 is 5.32 Å². The Morgan fingerprint density at radius 2 is 1.94 bits per heavy atom. The highest BCUT2D eigenvalue weighted by molar-refractivity contribution is 14.0. The molecule has 2 saturated heterocycles. The maximum Gasteiger partial charge on any atom is 0.193 e. The van der Waals surface area contributed by atoms with E-state index in [1.165, 1.54) is 25.0 Å². The average molecular weight is 548 g/mol. The molecular formula is C23H38FIN4O2. The number of likely N-dealkylation sites (tertiary alicyclic amines) is 1. The number of guanidine groups is 1. The number of hydrogen-bond donors (Lipinski definition) is 1. The third-order valence-electron chi connectivity index (χ3n) is 6.08. The summed E-state index contributed by atoms with van der Waals surface area (Å²) in [6.07, 6.45) is 6.14. The largest absolute Gasteiger partial charge is 0.376 e. The van der Waals surface area contributed by atoms with E-state index in [-0.39, 0.29) is 41.9 Å². The molecule has 8 heteroatoms. The molecule has 31 heavy (non-hydrogen) atoms. The van der Waals surface area contributed by atoms with Crippen molar-refractivity contribution in [3.63, 3.8) is 0 Å². The Morgan fingerprint density at radius 1 is 1.23 bits per heavy atom. The van der Waals surface area contributed by atoms with Gasteiger partial charge in [0.1, 0.15) is 5.82 Å². The van der Waals surface area contributed by atoms with Crippen molar-refractivity contribution in [2.24, 2.45) is 4.99 Å². The van der Waals surface area contributed by atoms with E-state index in [9.17, 15) is 4.39 Å². The maximum atomic E-state index is 13.3. The van der Waals surface area contributed by atoms with Crippen molar-refractivity contribution in [2.75, 3.05) is 54.0 Å². The van der Waals surface area contributed by atoms with Crippen LogP contribution in [0.5, 0.6) is 0 Å². The molecule has 1 aromatic carbocycles. The fraction of sp³-hybridized carbons (Fsp3) is 0.696. The Kier molecular flexibility index (Phi) is 11.5. The van der Waals surface area contributed by atoms with Gasteiger partial charge in [-0.1, -0.05) is 12.1 Å². The summed E-state index contributed by atoms with van der Waals surface area (Å²) in [5.74, 6) is 0.707. The van der Waals surface area contributed by atoms with Crippen LogP contribution in [-0.2, 0) is 9.47 Å². The number of piperidine rings is 1. The van der Waals surface area contributed by atoms with Crippen molar-refractivity contribution in [1.82, 2.24) is 15.1 Å². The van der Waals surface area contributed by atoms with E-state index >= 15 is 0 Å². The van der Waals surface area contributed by atoms with Gasteiger partial charge in [-0.3, -0.25) is 4.99 Å². The third kappa shape index (κ3) is 8.14. The van der Waals surface area contributed by atoms with Gasteiger partial charge in [0.2, 0.25) is 0 Å². The minimum Gasteiger partial charge on any atom is -0.376 e. The van der Waals surface area contributed by atoms with E-state index in [4.69, 9.17) is 9.47 Å². The van der Waals surface area contributed by atoms with Crippen molar-refractivity contribution in [2.45, 2.75) is 50.4 Å². The zero-order chi connectivity index (χ0) is 21.3. The van der Waals surface area contributed by atoms with Gasteiger partial charge in [-0.15, -0.1) is 24.0 Å². The number of benzene rings is 1. The zero-order valence-corrected chi connectivity index (χ0v) is 21.4. The lowest BCUT2D eigenvalue weighted by molar-refractivity contribution is -0.0721. The molecule has 0 aliphatic carbocycles. The molecule has 0 radical (unpaired) electrons. The molecule has 0 amide bonds. The van der Waals surface area contributed by atoms with E-state index in [1.807, 2.05) is 33.3 Å². The van der Waals surface area contributed by atoms with Crippen molar-refractivity contribution < 1.29 is 13.9 Å². The number of ether oxygens (including phenoxy) is 2. The van der Waals surface area contributed by atoms with Crippen LogP contribution in [0.1, 0.15) is 43.7 Å². The molecule has 3 rings (SSSR count). The van der Waals surface area contributed by atoms with Crippen LogP contribution in [0.15, 0.2) is 29.3 Å². The van der Waals surface area contributed by atoms with Crippen LogP contribution >= 0.6 is 24.0 Å². The van der Waals surface area contributed by atoms with Crippen LogP contribution in [0.25, 0.3) is 0 Å². The number of nitrogens with zero attached hydrogens (tertiary/aromatic N) is 3. The quantitative estimate of drug-likeness (QED) is 0.320. The van der Waals surface area contributed by atoms with Crippen molar-refractivity contribution in [3.05, 3.63) is 35.6 Å². The molecule has 176 valence electrons. The molecule has 0 bridgehead atoms. The highest BCUT2D eigenvalue weighted by atomic mass is 127. The first-order valence-electron chi connectivity index (χ1n) is 11.2. The lowest BCUT2D eigenvalue weighted by atomic mass is 10.1. The summed E-state index contributed by atoms with van der Waals surface area (Å²) in [7, 11) is 5.91. The van der Waals surface area contributed by atoms with Crippen LogP contribution in [0.3, 0.4) is 0 Å². The third-order valence-corrected chi connectivity index (χ3v) is 6.08.